The summed E-state index contributed by atoms with van der Waals surface area (Å²) in [6, 6.07) is 7.93. The number of carbonyl (C=O) groups is 1. The van der Waals surface area contributed by atoms with Crippen molar-refractivity contribution in [2.45, 2.75) is 32.1 Å². The molecule has 4 nitrogen and oxygen atoms in total. The molecule has 1 aliphatic heterocycles. The van der Waals surface area contributed by atoms with Gasteiger partial charge in [-0.25, -0.2) is 0 Å². The number of piperidine rings is 1. The number of hydrogen-bond acceptors (Lipinski definition) is 3. The molecule has 2 N–H and O–H groups in total. The van der Waals surface area contributed by atoms with Gasteiger partial charge in [-0.15, -0.1) is 0 Å². The second-order valence-electron chi connectivity index (χ2n) is 5.91. The van der Waals surface area contributed by atoms with Crippen LogP contribution in [0, 0.1) is 5.92 Å². The van der Waals surface area contributed by atoms with E-state index in [0.717, 1.165) is 43.8 Å². The molecule has 1 aromatic rings. The van der Waals surface area contributed by atoms with Crippen LogP contribution in [0.5, 0.6) is 5.75 Å². The highest BCUT2D eigenvalue weighted by atomic mass is 16.5. The minimum Gasteiger partial charge on any atom is -0.496 e. The Balaban J connectivity index is 1.93. The fraction of sp³-hybridized carbons (Fsp3) is 0.588. The molecule has 1 heterocycles. The van der Waals surface area contributed by atoms with Gasteiger partial charge in [-0.2, -0.15) is 0 Å². The maximum absolute atomic E-state index is 12.4. The number of likely N-dealkylation sites (tertiary alicyclic amines) is 1. The Kier molecular flexibility index (Phi) is 5.62. The van der Waals surface area contributed by atoms with Gasteiger partial charge in [0.2, 0.25) is 5.91 Å². The zero-order valence-corrected chi connectivity index (χ0v) is 13.0. The van der Waals surface area contributed by atoms with Gasteiger partial charge in [-0.1, -0.05) is 25.1 Å². The van der Waals surface area contributed by atoms with Crippen molar-refractivity contribution in [3.63, 3.8) is 0 Å². The number of para-hydroxylation sites is 1. The summed E-state index contributed by atoms with van der Waals surface area (Å²) in [7, 11) is 1.67. The van der Waals surface area contributed by atoms with Gasteiger partial charge in [0.1, 0.15) is 5.75 Å². The number of benzene rings is 1. The van der Waals surface area contributed by atoms with Crippen LogP contribution in [0.25, 0.3) is 0 Å². The van der Waals surface area contributed by atoms with E-state index in [0.29, 0.717) is 12.3 Å². The van der Waals surface area contributed by atoms with Gasteiger partial charge in [0.05, 0.1) is 7.11 Å². The summed E-state index contributed by atoms with van der Waals surface area (Å²) in [5, 5.41) is 0. The molecule has 0 spiro atoms. The van der Waals surface area contributed by atoms with Crippen molar-refractivity contribution < 1.29 is 9.53 Å². The molecule has 2 rings (SSSR count). The Morgan fingerprint density at radius 3 is 2.67 bits per heavy atom. The molecule has 1 fully saturated rings. The number of amides is 1. The van der Waals surface area contributed by atoms with Crippen molar-refractivity contribution in [2.24, 2.45) is 11.7 Å². The third-order valence-corrected chi connectivity index (χ3v) is 4.45. The van der Waals surface area contributed by atoms with E-state index >= 15 is 0 Å². The summed E-state index contributed by atoms with van der Waals surface area (Å²) in [5.74, 6) is 1.85. The fourth-order valence-corrected chi connectivity index (χ4v) is 2.99. The lowest BCUT2D eigenvalue weighted by Gasteiger charge is -2.32. The molecule has 0 radical (unpaired) electrons. The largest absolute Gasteiger partial charge is 0.496 e. The molecule has 1 aliphatic rings. The fourth-order valence-electron chi connectivity index (χ4n) is 2.99. The second kappa shape index (κ2) is 7.46. The summed E-state index contributed by atoms with van der Waals surface area (Å²) in [4.78, 5) is 14.4. The van der Waals surface area contributed by atoms with Gasteiger partial charge in [0.15, 0.2) is 0 Å². The van der Waals surface area contributed by atoms with Gasteiger partial charge in [-0.05, 0) is 42.9 Å². The van der Waals surface area contributed by atoms with Crippen LogP contribution in [0.1, 0.15) is 37.7 Å². The average Bonchev–Trinajstić information content (AvgIpc) is 2.54. The van der Waals surface area contributed by atoms with Gasteiger partial charge in [0, 0.05) is 19.5 Å². The van der Waals surface area contributed by atoms with E-state index in [1.807, 2.05) is 29.2 Å². The molecular formula is C17H26N2O2. The van der Waals surface area contributed by atoms with Crippen molar-refractivity contribution in [3.05, 3.63) is 29.8 Å². The smallest absolute Gasteiger partial charge is 0.223 e. The highest BCUT2D eigenvalue weighted by Crippen LogP contribution is 2.29. The average molecular weight is 290 g/mol. The SMILES string of the molecule is COc1ccccc1C(C)CC(=O)N1CCC(CN)CC1. The molecule has 1 unspecified atom stereocenters. The van der Waals surface area contributed by atoms with Crippen LogP contribution in [0.3, 0.4) is 0 Å². The van der Waals surface area contributed by atoms with Gasteiger partial charge >= 0.3 is 0 Å². The predicted octanol–water partition coefficient (Wildman–Crippen LogP) is 2.39. The zero-order valence-electron chi connectivity index (χ0n) is 13.0. The number of nitrogens with two attached hydrogens (primary N) is 1. The Bertz CT molecular complexity index is 468. The molecule has 1 saturated heterocycles. The quantitative estimate of drug-likeness (QED) is 0.906. The van der Waals surface area contributed by atoms with E-state index in [1.54, 1.807) is 7.11 Å². The number of rotatable bonds is 5. The van der Waals surface area contributed by atoms with Crippen molar-refractivity contribution >= 4 is 5.91 Å². The van der Waals surface area contributed by atoms with E-state index in [-0.39, 0.29) is 11.8 Å². The van der Waals surface area contributed by atoms with E-state index in [4.69, 9.17) is 10.5 Å². The van der Waals surface area contributed by atoms with Crippen molar-refractivity contribution in [1.29, 1.82) is 0 Å². The highest BCUT2D eigenvalue weighted by Gasteiger charge is 2.24. The van der Waals surface area contributed by atoms with E-state index in [9.17, 15) is 4.79 Å². The van der Waals surface area contributed by atoms with E-state index < -0.39 is 0 Å². The summed E-state index contributed by atoms with van der Waals surface area (Å²) < 4.78 is 5.38. The van der Waals surface area contributed by atoms with E-state index in [1.165, 1.54) is 0 Å². The summed E-state index contributed by atoms with van der Waals surface area (Å²) >= 11 is 0. The summed E-state index contributed by atoms with van der Waals surface area (Å²) in [5.41, 5.74) is 6.80. The number of hydrogen-bond donors (Lipinski definition) is 1. The standard InChI is InChI=1S/C17H26N2O2/c1-13(15-5-3-4-6-16(15)21-2)11-17(20)19-9-7-14(12-18)8-10-19/h3-6,13-14H,7-12,18H2,1-2H3. The molecule has 1 amide bonds. The van der Waals surface area contributed by atoms with Crippen LogP contribution in [0.15, 0.2) is 24.3 Å². The van der Waals surface area contributed by atoms with Crippen LogP contribution in [0.2, 0.25) is 0 Å². The molecule has 4 heteroatoms. The van der Waals surface area contributed by atoms with Crippen molar-refractivity contribution in [1.82, 2.24) is 4.90 Å². The van der Waals surface area contributed by atoms with Gasteiger partial charge in [0.25, 0.3) is 0 Å². The van der Waals surface area contributed by atoms with Gasteiger partial charge in [-0.3, -0.25) is 4.79 Å². The maximum atomic E-state index is 12.4. The molecule has 21 heavy (non-hydrogen) atoms. The zero-order chi connectivity index (χ0) is 15.2. The van der Waals surface area contributed by atoms with Crippen molar-refractivity contribution in [3.8, 4) is 5.75 Å². The Hall–Kier alpha value is -1.55. The van der Waals surface area contributed by atoms with Crippen LogP contribution in [0.4, 0.5) is 0 Å². The van der Waals surface area contributed by atoms with Crippen LogP contribution < -0.4 is 10.5 Å². The number of methoxy groups -OCH3 is 1. The molecule has 1 aromatic carbocycles. The first kappa shape index (κ1) is 15.8. The van der Waals surface area contributed by atoms with Crippen LogP contribution >= 0.6 is 0 Å². The third-order valence-electron chi connectivity index (χ3n) is 4.45. The first-order chi connectivity index (χ1) is 10.2. The summed E-state index contributed by atoms with van der Waals surface area (Å²) in [6.07, 6.45) is 2.60. The molecule has 1 atom stereocenters. The molecule has 0 bridgehead atoms. The van der Waals surface area contributed by atoms with Crippen LogP contribution in [-0.4, -0.2) is 37.6 Å². The first-order valence-corrected chi connectivity index (χ1v) is 7.76. The molecule has 116 valence electrons. The first-order valence-electron chi connectivity index (χ1n) is 7.76. The Labute approximate surface area is 127 Å². The number of ether oxygens (including phenoxy) is 1. The second-order valence-corrected chi connectivity index (χ2v) is 5.91. The van der Waals surface area contributed by atoms with Crippen LogP contribution in [-0.2, 0) is 4.79 Å². The normalized spacial score (nSPS) is 17.6. The minimum atomic E-state index is 0.167. The lowest BCUT2D eigenvalue weighted by atomic mass is 9.94. The van der Waals surface area contributed by atoms with Crippen molar-refractivity contribution in [2.75, 3.05) is 26.7 Å². The maximum Gasteiger partial charge on any atom is 0.223 e. The van der Waals surface area contributed by atoms with E-state index in [2.05, 4.69) is 6.92 Å². The monoisotopic (exact) mass is 290 g/mol. The third kappa shape index (κ3) is 3.97. The lowest BCUT2D eigenvalue weighted by Crippen LogP contribution is -2.40. The predicted molar refractivity (Wildman–Crippen MR) is 84.4 cm³/mol. The summed E-state index contributed by atoms with van der Waals surface area (Å²) in [6.45, 7) is 4.51. The number of carbonyl (C=O) groups excluding carboxylic acids is 1. The topological polar surface area (TPSA) is 55.6 Å². The Morgan fingerprint density at radius 2 is 2.05 bits per heavy atom. The molecule has 0 aromatic heterocycles. The minimum absolute atomic E-state index is 0.167. The van der Waals surface area contributed by atoms with Gasteiger partial charge < -0.3 is 15.4 Å². The molecule has 0 aliphatic carbocycles. The number of nitrogens with zero attached hydrogens (tertiary/aromatic N) is 1. The molecular weight excluding hydrogens is 264 g/mol. The lowest BCUT2D eigenvalue weighted by molar-refractivity contribution is -0.132. The highest BCUT2D eigenvalue weighted by molar-refractivity contribution is 5.77. The Morgan fingerprint density at radius 1 is 1.38 bits per heavy atom. The molecule has 0 saturated carbocycles.